The maximum Gasteiger partial charge on any atom is 0.124 e. The van der Waals surface area contributed by atoms with Crippen LogP contribution in [0.3, 0.4) is 0 Å². The van der Waals surface area contributed by atoms with Gasteiger partial charge in [0, 0.05) is 11.1 Å². The Morgan fingerprint density at radius 2 is 2.06 bits per heavy atom. The molecule has 0 radical (unpaired) electrons. The molecule has 4 heteroatoms. The second-order valence-electron chi connectivity index (χ2n) is 4.79. The zero-order valence-corrected chi connectivity index (χ0v) is 12.3. The number of methoxy groups -OCH3 is 1. The van der Waals surface area contributed by atoms with Crippen LogP contribution in [0, 0.1) is 0 Å². The van der Waals surface area contributed by atoms with Crippen molar-refractivity contribution in [2.45, 2.75) is 39.4 Å². The highest BCUT2D eigenvalue weighted by Gasteiger charge is 2.16. The molecule has 0 aromatic heterocycles. The van der Waals surface area contributed by atoms with Crippen LogP contribution in [0.25, 0.3) is 0 Å². The van der Waals surface area contributed by atoms with Gasteiger partial charge >= 0.3 is 0 Å². The number of benzene rings is 1. The van der Waals surface area contributed by atoms with Gasteiger partial charge in [0.25, 0.3) is 0 Å². The summed E-state index contributed by atoms with van der Waals surface area (Å²) in [5.41, 5.74) is 7.28. The standard InChI is InChI=1S/C14H21NO2S/c1-5-14(2,3)17-9-11-8-10(13(15)18)6-7-12(11)16-4/h6-8H,5,9H2,1-4H3,(H2,15,18). The van der Waals surface area contributed by atoms with Crippen molar-refractivity contribution < 1.29 is 9.47 Å². The molecule has 0 saturated heterocycles. The Kier molecular flexibility index (Phi) is 5.11. The van der Waals surface area contributed by atoms with Crippen LogP contribution in [0.5, 0.6) is 5.75 Å². The highest BCUT2D eigenvalue weighted by Crippen LogP contribution is 2.24. The third kappa shape index (κ3) is 3.96. The van der Waals surface area contributed by atoms with E-state index < -0.39 is 0 Å². The number of thiocarbonyl (C=S) groups is 1. The summed E-state index contributed by atoms with van der Waals surface area (Å²) in [6, 6.07) is 5.65. The minimum Gasteiger partial charge on any atom is -0.496 e. The first-order valence-electron chi connectivity index (χ1n) is 6.00. The summed E-state index contributed by atoms with van der Waals surface area (Å²) in [6.45, 7) is 6.72. The molecule has 0 spiro atoms. The molecule has 0 amide bonds. The van der Waals surface area contributed by atoms with Gasteiger partial charge in [0.1, 0.15) is 10.7 Å². The Morgan fingerprint density at radius 3 is 2.56 bits per heavy atom. The third-order valence-electron chi connectivity index (χ3n) is 3.03. The summed E-state index contributed by atoms with van der Waals surface area (Å²) in [6.07, 6.45) is 0.949. The fourth-order valence-corrected chi connectivity index (χ4v) is 1.55. The van der Waals surface area contributed by atoms with Crippen LogP contribution in [0.2, 0.25) is 0 Å². The van der Waals surface area contributed by atoms with E-state index in [2.05, 4.69) is 20.8 Å². The second kappa shape index (κ2) is 6.16. The van der Waals surface area contributed by atoms with E-state index in [1.165, 1.54) is 0 Å². The first-order valence-corrected chi connectivity index (χ1v) is 6.41. The van der Waals surface area contributed by atoms with E-state index in [1.807, 2.05) is 18.2 Å². The van der Waals surface area contributed by atoms with Gasteiger partial charge in [0.2, 0.25) is 0 Å². The van der Waals surface area contributed by atoms with E-state index >= 15 is 0 Å². The molecule has 1 rings (SSSR count). The average molecular weight is 267 g/mol. The lowest BCUT2D eigenvalue weighted by molar-refractivity contribution is -0.0322. The molecule has 0 saturated carbocycles. The van der Waals surface area contributed by atoms with E-state index in [9.17, 15) is 0 Å². The molecular weight excluding hydrogens is 246 g/mol. The molecular formula is C14H21NO2S. The van der Waals surface area contributed by atoms with Gasteiger partial charge < -0.3 is 15.2 Å². The van der Waals surface area contributed by atoms with E-state index in [0.717, 1.165) is 23.3 Å². The van der Waals surface area contributed by atoms with Gasteiger partial charge in [-0.2, -0.15) is 0 Å². The van der Waals surface area contributed by atoms with Crippen LogP contribution in [0.1, 0.15) is 38.3 Å². The van der Waals surface area contributed by atoms with Crippen LogP contribution < -0.4 is 10.5 Å². The van der Waals surface area contributed by atoms with Gasteiger partial charge in [-0.3, -0.25) is 0 Å². The zero-order valence-electron chi connectivity index (χ0n) is 11.4. The summed E-state index contributed by atoms with van der Waals surface area (Å²) < 4.78 is 11.2. The molecule has 100 valence electrons. The maximum atomic E-state index is 5.88. The summed E-state index contributed by atoms with van der Waals surface area (Å²) in [5, 5.41) is 0. The Hall–Kier alpha value is -1.13. The zero-order chi connectivity index (χ0) is 13.8. The van der Waals surface area contributed by atoms with Gasteiger partial charge in [-0.25, -0.2) is 0 Å². The Bertz CT molecular complexity index is 430. The maximum absolute atomic E-state index is 5.88. The topological polar surface area (TPSA) is 44.5 Å². The van der Waals surface area contributed by atoms with Gasteiger partial charge in [-0.05, 0) is 38.5 Å². The lowest BCUT2D eigenvalue weighted by Crippen LogP contribution is -2.23. The number of nitrogens with two attached hydrogens (primary N) is 1. The predicted octanol–water partition coefficient (Wildman–Crippen LogP) is 3.03. The van der Waals surface area contributed by atoms with Crippen molar-refractivity contribution in [1.29, 1.82) is 0 Å². The van der Waals surface area contributed by atoms with E-state index in [4.69, 9.17) is 27.4 Å². The molecule has 0 heterocycles. The minimum atomic E-state index is -0.149. The SMILES string of the molecule is CCC(C)(C)OCc1cc(C(N)=S)ccc1OC. The van der Waals surface area contributed by atoms with Crippen LogP contribution in [-0.2, 0) is 11.3 Å². The van der Waals surface area contributed by atoms with Gasteiger partial charge in [0.05, 0.1) is 19.3 Å². The van der Waals surface area contributed by atoms with Crippen LogP contribution in [-0.4, -0.2) is 17.7 Å². The second-order valence-corrected chi connectivity index (χ2v) is 5.23. The van der Waals surface area contributed by atoms with Crippen LogP contribution in [0.15, 0.2) is 18.2 Å². The van der Waals surface area contributed by atoms with Crippen LogP contribution in [0.4, 0.5) is 0 Å². The molecule has 0 aliphatic rings. The normalized spacial score (nSPS) is 11.3. The summed E-state index contributed by atoms with van der Waals surface area (Å²) in [5.74, 6) is 0.793. The van der Waals surface area contributed by atoms with E-state index in [-0.39, 0.29) is 5.60 Å². The summed E-state index contributed by atoms with van der Waals surface area (Å²) >= 11 is 4.98. The van der Waals surface area contributed by atoms with Crippen molar-refractivity contribution in [2.24, 2.45) is 5.73 Å². The quantitative estimate of drug-likeness (QED) is 0.805. The minimum absolute atomic E-state index is 0.149. The highest BCUT2D eigenvalue weighted by molar-refractivity contribution is 7.80. The molecule has 0 atom stereocenters. The molecule has 0 aliphatic heterocycles. The molecule has 0 bridgehead atoms. The lowest BCUT2D eigenvalue weighted by Gasteiger charge is -2.24. The fraction of sp³-hybridized carbons (Fsp3) is 0.500. The van der Waals surface area contributed by atoms with Crippen molar-refractivity contribution >= 4 is 17.2 Å². The fourth-order valence-electron chi connectivity index (χ4n) is 1.42. The summed E-state index contributed by atoms with van der Waals surface area (Å²) in [7, 11) is 1.64. The molecule has 0 fully saturated rings. The molecule has 2 N–H and O–H groups in total. The van der Waals surface area contributed by atoms with E-state index in [0.29, 0.717) is 11.6 Å². The monoisotopic (exact) mass is 267 g/mol. The molecule has 0 unspecified atom stereocenters. The summed E-state index contributed by atoms with van der Waals surface area (Å²) in [4.78, 5) is 0.383. The Balaban J connectivity index is 2.91. The Morgan fingerprint density at radius 1 is 1.39 bits per heavy atom. The third-order valence-corrected chi connectivity index (χ3v) is 3.27. The molecule has 0 aliphatic carbocycles. The number of hydrogen-bond donors (Lipinski definition) is 1. The van der Waals surface area contributed by atoms with Gasteiger partial charge in [-0.1, -0.05) is 19.1 Å². The van der Waals surface area contributed by atoms with Crippen molar-refractivity contribution in [3.05, 3.63) is 29.3 Å². The molecule has 1 aromatic carbocycles. The smallest absolute Gasteiger partial charge is 0.124 e. The highest BCUT2D eigenvalue weighted by atomic mass is 32.1. The molecule has 1 aromatic rings. The Labute approximate surface area is 114 Å². The van der Waals surface area contributed by atoms with Gasteiger partial charge in [0.15, 0.2) is 0 Å². The van der Waals surface area contributed by atoms with Crippen molar-refractivity contribution in [2.75, 3.05) is 7.11 Å². The van der Waals surface area contributed by atoms with Crippen molar-refractivity contribution in [1.82, 2.24) is 0 Å². The lowest BCUT2D eigenvalue weighted by atomic mass is 10.1. The first kappa shape index (κ1) is 14.9. The number of ether oxygens (including phenoxy) is 2. The largest absolute Gasteiger partial charge is 0.496 e. The van der Waals surface area contributed by atoms with E-state index in [1.54, 1.807) is 7.11 Å². The van der Waals surface area contributed by atoms with Crippen LogP contribution >= 0.6 is 12.2 Å². The van der Waals surface area contributed by atoms with Gasteiger partial charge in [-0.15, -0.1) is 0 Å². The van der Waals surface area contributed by atoms with Crippen molar-refractivity contribution in [3.63, 3.8) is 0 Å². The number of hydrogen-bond acceptors (Lipinski definition) is 3. The first-order chi connectivity index (χ1) is 8.39. The predicted molar refractivity (Wildman–Crippen MR) is 78.0 cm³/mol. The average Bonchev–Trinajstić information content (AvgIpc) is 2.36. The molecule has 3 nitrogen and oxygen atoms in total. The number of rotatable bonds is 6. The van der Waals surface area contributed by atoms with Crippen molar-refractivity contribution in [3.8, 4) is 5.75 Å². The molecule has 18 heavy (non-hydrogen) atoms.